The topological polar surface area (TPSA) is 48.4 Å². The molecule has 0 N–H and O–H groups in total. The normalized spacial score (nSPS) is 11.1. The van der Waals surface area contributed by atoms with Gasteiger partial charge in [0.05, 0.1) is 16.8 Å². The van der Waals surface area contributed by atoms with Gasteiger partial charge in [-0.25, -0.2) is 9.78 Å². The molecule has 3 aromatic carbocycles. The lowest BCUT2D eigenvalue weighted by atomic mass is 10.1. The highest BCUT2D eigenvalue weighted by Crippen LogP contribution is 2.22. The first-order valence-corrected chi connectivity index (χ1v) is 9.16. The van der Waals surface area contributed by atoms with Crippen LogP contribution in [0.15, 0.2) is 66.7 Å². The van der Waals surface area contributed by atoms with E-state index in [2.05, 4.69) is 4.98 Å². The van der Waals surface area contributed by atoms with E-state index < -0.39 is 0 Å². The van der Waals surface area contributed by atoms with E-state index in [0.717, 1.165) is 31.6 Å². The van der Waals surface area contributed by atoms with Crippen LogP contribution in [0.5, 0.6) is 0 Å². The molecule has 4 aromatic rings. The average Bonchev–Trinajstić information content (AvgIpc) is 3.09. The van der Waals surface area contributed by atoms with Gasteiger partial charge in [0.25, 0.3) is 0 Å². The summed E-state index contributed by atoms with van der Waals surface area (Å²) in [4.78, 5) is 16.4. The second-order valence-corrected chi connectivity index (χ2v) is 6.98. The fourth-order valence-electron chi connectivity index (χ4n) is 2.82. The molecule has 0 fully saturated rings. The number of benzene rings is 3. The molecule has 0 aliphatic heterocycles. The summed E-state index contributed by atoms with van der Waals surface area (Å²) >= 11 is 1.57. The molecular weight excluding hydrogens is 346 g/mol. The summed E-state index contributed by atoms with van der Waals surface area (Å²) in [5.41, 5.74) is 1.94. The Labute approximate surface area is 155 Å². The van der Waals surface area contributed by atoms with Gasteiger partial charge in [0.15, 0.2) is 0 Å². The van der Waals surface area contributed by atoms with Crippen LogP contribution >= 0.6 is 11.3 Å². The molecule has 0 atom stereocenters. The molecule has 0 radical (unpaired) electrons. The number of rotatable bonds is 6. The monoisotopic (exact) mass is 363 g/mol. The number of fused-ring (bicyclic) bond motifs is 2. The Hall–Kier alpha value is -2.76. The third kappa shape index (κ3) is 3.74. The van der Waals surface area contributed by atoms with Gasteiger partial charge in [0.1, 0.15) is 18.2 Å². The number of thiazole rings is 1. The molecule has 0 saturated carbocycles. The van der Waals surface area contributed by atoms with Gasteiger partial charge in [-0.05, 0) is 28.5 Å². The van der Waals surface area contributed by atoms with Gasteiger partial charge in [0.2, 0.25) is 0 Å². The summed E-state index contributed by atoms with van der Waals surface area (Å²) in [5.74, 6) is -0.376. The molecule has 130 valence electrons. The SMILES string of the molecule is O=C(COCc1nc2ccccc2s1)OCc1cccc2ccccc12. The number of para-hydroxylation sites is 1. The van der Waals surface area contributed by atoms with Gasteiger partial charge in [-0.2, -0.15) is 0 Å². The lowest BCUT2D eigenvalue weighted by molar-refractivity contribution is -0.150. The first-order valence-electron chi connectivity index (χ1n) is 8.34. The number of esters is 1. The summed E-state index contributed by atoms with van der Waals surface area (Å²) in [6.45, 7) is 0.466. The largest absolute Gasteiger partial charge is 0.459 e. The zero-order chi connectivity index (χ0) is 17.8. The van der Waals surface area contributed by atoms with Crippen LogP contribution < -0.4 is 0 Å². The quantitative estimate of drug-likeness (QED) is 0.466. The van der Waals surface area contributed by atoms with E-state index in [-0.39, 0.29) is 19.2 Å². The minimum atomic E-state index is -0.376. The van der Waals surface area contributed by atoms with Crippen LogP contribution in [0.25, 0.3) is 21.0 Å². The summed E-state index contributed by atoms with van der Waals surface area (Å²) in [5, 5.41) is 3.08. The molecular formula is C21H17NO3S. The molecule has 0 aliphatic carbocycles. The number of aromatic nitrogens is 1. The minimum absolute atomic E-state index is 0.0826. The number of ether oxygens (including phenoxy) is 2. The van der Waals surface area contributed by atoms with Gasteiger partial charge in [0, 0.05) is 0 Å². The highest BCUT2D eigenvalue weighted by atomic mass is 32.1. The predicted octanol–water partition coefficient (Wildman–Crippen LogP) is 4.71. The third-order valence-corrected chi connectivity index (χ3v) is 5.06. The second-order valence-electron chi connectivity index (χ2n) is 5.87. The van der Waals surface area contributed by atoms with E-state index in [1.54, 1.807) is 11.3 Å². The maximum absolute atomic E-state index is 12.0. The lowest BCUT2D eigenvalue weighted by Gasteiger charge is -2.08. The number of hydrogen-bond acceptors (Lipinski definition) is 5. The molecule has 0 unspecified atom stereocenters. The zero-order valence-electron chi connectivity index (χ0n) is 14.1. The fourth-order valence-corrected chi connectivity index (χ4v) is 3.73. The van der Waals surface area contributed by atoms with E-state index in [4.69, 9.17) is 9.47 Å². The van der Waals surface area contributed by atoms with Crippen LogP contribution in [0.4, 0.5) is 0 Å². The molecule has 5 heteroatoms. The van der Waals surface area contributed by atoms with Crippen LogP contribution in [0.2, 0.25) is 0 Å². The van der Waals surface area contributed by atoms with Crippen LogP contribution in [0.3, 0.4) is 0 Å². The Morgan fingerprint density at radius 3 is 2.65 bits per heavy atom. The first kappa shape index (κ1) is 16.7. The Balaban J connectivity index is 1.30. The molecule has 0 bridgehead atoms. The maximum atomic E-state index is 12.0. The molecule has 4 rings (SSSR count). The van der Waals surface area contributed by atoms with Crippen molar-refractivity contribution < 1.29 is 14.3 Å². The lowest BCUT2D eigenvalue weighted by Crippen LogP contribution is -2.12. The molecule has 0 aliphatic rings. The van der Waals surface area contributed by atoms with Gasteiger partial charge >= 0.3 is 5.97 Å². The van der Waals surface area contributed by atoms with Crippen molar-refractivity contribution in [3.8, 4) is 0 Å². The fraction of sp³-hybridized carbons (Fsp3) is 0.143. The van der Waals surface area contributed by atoms with E-state index in [1.165, 1.54) is 0 Å². The van der Waals surface area contributed by atoms with E-state index in [0.29, 0.717) is 6.61 Å². The van der Waals surface area contributed by atoms with Crippen molar-refractivity contribution in [2.45, 2.75) is 13.2 Å². The van der Waals surface area contributed by atoms with Crippen molar-refractivity contribution in [3.63, 3.8) is 0 Å². The first-order chi connectivity index (χ1) is 12.8. The van der Waals surface area contributed by atoms with Crippen LogP contribution in [0, 0.1) is 0 Å². The molecule has 1 aromatic heterocycles. The highest BCUT2D eigenvalue weighted by molar-refractivity contribution is 7.18. The summed E-state index contributed by atoms with van der Waals surface area (Å²) < 4.78 is 11.9. The minimum Gasteiger partial charge on any atom is -0.459 e. The molecule has 4 nitrogen and oxygen atoms in total. The van der Waals surface area contributed by atoms with Crippen LogP contribution in [0.1, 0.15) is 10.6 Å². The maximum Gasteiger partial charge on any atom is 0.332 e. The number of hydrogen-bond donors (Lipinski definition) is 0. The van der Waals surface area contributed by atoms with Gasteiger partial charge in [-0.15, -0.1) is 11.3 Å². The smallest absolute Gasteiger partial charge is 0.332 e. The Morgan fingerprint density at radius 1 is 0.923 bits per heavy atom. The highest BCUT2D eigenvalue weighted by Gasteiger charge is 2.08. The second kappa shape index (κ2) is 7.64. The third-order valence-electron chi connectivity index (χ3n) is 4.05. The van der Waals surface area contributed by atoms with Crippen molar-refractivity contribution in [3.05, 3.63) is 77.3 Å². The van der Waals surface area contributed by atoms with Crippen molar-refractivity contribution in [2.24, 2.45) is 0 Å². The number of nitrogens with zero attached hydrogens (tertiary/aromatic N) is 1. The van der Waals surface area contributed by atoms with Crippen LogP contribution in [-0.4, -0.2) is 17.6 Å². The average molecular weight is 363 g/mol. The van der Waals surface area contributed by atoms with Gasteiger partial charge in [-0.1, -0.05) is 54.6 Å². The molecule has 1 heterocycles. The Bertz CT molecular complexity index is 1020. The number of carbonyl (C=O) groups is 1. The van der Waals surface area contributed by atoms with Crippen molar-refractivity contribution in [1.29, 1.82) is 0 Å². The summed E-state index contributed by atoms with van der Waals surface area (Å²) in [7, 11) is 0. The van der Waals surface area contributed by atoms with Crippen LogP contribution in [-0.2, 0) is 27.5 Å². The van der Waals surface area contributed by atoms with Crippen molar-refractivity contribution >= 4 is 38.3 Å². The van der Waals surface area contributed by atoms with E-state index in [1.807, 2.05) is 66.7 Å². The zero-order valence-corrected chi connectivity index (χ0v) is 14.9. The molecule has 0 amide bonds. The van der Waals surface area contributed by atoms with E-state index in [9.17, 15) is 4.79 Å². The van der Waals surface area contributed by atoms with E-state index >= 15 is 0 Å². The summed E-state index contributed by atoms with van der Waals surface area (Å²) in [6, 6.07) is 22.0. The number of carbonyl (C=O) groups excluding carboxylic acids is 1. The molecule has 26 heavy (non-hydrogen) atoms. The van der Waals surface area contributed by atoms with Gasteiger partial charge in [-0.3, -0.25) is 0 Å². The van der Waals surface area contributed by atoms with Crippen molar-refractivity contribution in [1.82, 2.24) is 4.98 Å². The Morgan fingerprint density at radius 2 is 1.73 bits per heavy atom. The molecule has 0 saturated heterocycles. The Kier molecular flexibility index (Phi) is 4.91. The molecule has 0 spiro atoms. The van der Waals surface area contributed by atoms with Gasteiger partial charge < -0.3 is 9.47 Å². The van der Waals surface area contributed by atoms with Crippen molar-refractivity contribution in [2.75, 3.05) is 6.61 Å². The predicted molar refractivity (Wildman–Crippen MR) is 103 cm³/mol. The standard InChI is InChI=1S/C21H17NO3S/c23-21(14-24-13-20-22-18-10-3-4-11-19(18)26-20)25-12-16-8-5-7-15-6-1-2-9-17(15)16/h1-11H,12-14H2. The summed E-state index contributed by atoms with van der Waals surface area (Å²) in [6.07, 6.45) is 0.